The minimum absolute atomic E-state index is 0.153. The molecule has 2 aliphatic heterocycles. The van der Waals surface area contributed by atoms with Gasteiger partial charge >= 0.3 is 5.97 Å². The van der Waals surface area contributed by atoms with Crippen molar-refractivity contribution in [1.29, 1.82) is 0 Å². The zero-order valence-corrected chi connectivity index (χ0v) is 16.1. The number of carbonyl (C=O) groups excluding carboxylic acids is 2. The van der Waals surface area contributed by atoms with Gasteiger partial charge in [-0.2, -0.15) is 0 Å². The highest BCUT2D eigenvalue weighted by molar-refractivity contribution is 9.10. The van der Waals surface area contributed by atoms with Crippen LogP contribution in [0.3, 0.4) is 0 Å². The number of carbonyl (C=O) groups is 2. The Morgan fingerprint density at radius 1 is 1.42 bits per heavy atom. The third-order valence-electron chi connectivity index (χ3n) is 4.63. The molecule has 130 valence electrons. The molecule has 3 rings (SSSR count). The van der Waals surface area contributed by atoms with Crippen LogP contribution in [0.2, 0.25) is 0 Å². The number of amides is 1. The first-order valence-electron chi connectivity index (χ1n) is 7.79. The summed E-state index contributed by atoms with van der Waals surface area (Å²) in [4.78, 5) is 26.8. The Labute approximate surface area is 153 Å². The molecule has 1 N–H and O–H groups in total. The molecule has 1 aromatic carbocycles. The summed E-state index contributed by atoms with van der Waals surface area (Å²) >= 11 is 5.02. The minimum Gasteiger partial charge on any atom is -0.458 e. The second-order valence-electron chi connectivity index (χ2n) is 6.68. The van der Waals surface area contributed by atoms with E-state index in [-0.39, 0.29) is 17.9 Å². The van der Waals surface area contributed by atoms with Crippen LogP contribution in [0.25, 0.3) is 0 Å². The van der Waals surface area contributed by atoms with E-state index in [0.717, 1.165) is 5.56 Å². The van der Waals surface area contributed by atoms with Gasteiger partial charge in [-0.25, -0.2) is 4.79 Å². The summed E-state index contributed by atoms with van der Waals surface area (Å²) in [6.45, 7) is 5.57. The number of esters is 1. The van der Waals surface area contributed by atoms with Crippen molar-refractivity contribution in [3.05, 3.63) is 35.9 Å². The number of ether oxygens (including phenoxy) is 1. The van der Waals surface area contributed by atoms with Gasteiger partial charge in [-0.15, -0.1) is 11.8 Å². The summed E-state index contributed by atoms with van der Waals surface area (Å²) in [5, 5.41) is 9.60. The van der Waals surface area contributed by atoms with Crippen LogP contribution in [0, 0.1) is 5.92 Å². The van der Waals surface area contributed by atoms with Gasteiger partial charge in [0.2, 0.25) is 10.4 Å². The molecule has 0 radical (unpaired) electrons. The smallest absolute Gasteiger partial charge is 0.345 e. The Morgan fingerprint density at radius 2 is 2.04 bits per heavy atom. The van der Waals surface area contributed by atoms with Crippen LogP contribution in [0.1, 0.15) is 26.3 Å². The molecule has 24 heavy (non-hydrogen) atoms. The summed E-state index contributed by atoms with van der Waals surface area (Å²) < 4.78 is 3.68. The number of rotatable bonds is 4. The molecule has 2 heterocycles. The highest BCUT2D eigenvalue weighted by atomic mass is 79.9. The summed E-state index contributed by atoms with van der Waals surface area (Å²) in [5.74, 6) is -1.18. The quantitative estimate of drug-likeness (QED) is 0.355. The summed E-state index contributed by atoms with van der Waals surface area (Å²) in [6, 6.07) is 9.41. The van der Waals surface area contributed by atoms with Crippen molar-refractivity contribution in [3.8, 4) is 0 Å². The van der Waals surface area contributed by atoms with E-state index in [0.29, 0.717) is 0 Å². The van der Waals surface area contributed by atoms with Crippen molar-refractivity contribution in [1.82, 2.24) is 4.90 Å². The number of fused-ring (bicyclic) bond motifs is 1. The summed E-state index contributed by atoms with van der Waals surface area (Å²) in [7, 11) is 0. The maximum atomic E-state index is 12.8. The fourth-order valence-electron chi connectivity index (χ4n) is 3.22. The van der Waals surface area contributed by atoms with Gasteiger partial charge in [-0.05, 0) is 42.3 Å². The SMILES string of the molecule is C[C@H](O)[C@@H]1C(=O)N2[C@@H]1SC(C)(C)[C@]2(Br)C(=O)OCc1ccccc1. The third kappa shape index (κ3) is 2.48. The number of benzene rings is 1. The Balaban J connectivity index is 1.80. The van der Waals surface area contributed by atoms with E-state index in [2.05, 4.69) is 15.9 Å². The van der Waals surface area contributed by atoms with E-state index < -0.39 is 27.2 Å². The number of halogens is 1. The van der Waals surface area contributed by atoms with Crippen LogP contribution in [0.4, 0.5) is 0 Å². The van der Waals surface area contributed by atoms with E-state index in [1.165, 1.54) is 16.7 Å². The van der Waals surface area contributed by atoms with Crippen molar-refractivity contribution >= 4 is 39.6 Å². The molecule has 1 amide bonds. The molecule has 7 heteroatoms. The number of hydrogen-bond donors (Lipinski definition) is 1. The zero-order valence-electron chi connectivity index (χ0n) is 13.7. The Morgan fingerprint density at radius 3 is 2.62 bits per heavy atom. The van der Waals surface area contributed by atoms with E-state index in [4.69, 9.17) is 4.74 Å². The molecule has 5 nitrogen and oxygen atoms in total. The second-order valence-corrected chi connectivity index (χ2v) is 9.56. The largest absolute Gasteiger partial charge is 0.458 e. The topological polar surface area (TPSA) is 66.8 Å². The summed E-state index contributed by atoms with van der Waals surface area (Å²) in [6.07, 6.45) is -0.739. The Kier molecular flexibility index (Phi) is 4.47. The Bertz CT molecular complexity index is 666. The number of nitrogens with zero attached hydrogens (tertiary/aromatic N) is 1. The molecular weight excluding hydrogens is 394 g/mol. The van der Waals surface area contributed by atoms with Gasteiger partial charge in [0.15, 0.2) is 0 Å². The number of thioether (sulfide) groups is 1. The van der Waals surface area contributed by atoms with E-state index in [9.17, 15) is 14.7 Å². The number of aliphatic hydroxyl groups is 1. The molecule has 0 spiro atoms. The van der Waals surface area contributed by atoms with Crippen LogP contribution >= 0.6 is 27.7 Å². The number of aliphatic hydroxyl groups excluding tert-OH is 1. The van der Waals surface area contributed by atoms with E-state index >= 15 is 0 Å². The predicted molar refractivity (Wildman–Crippen MR) is 95.4 cm³/mol. The maximum absolute atomic E-state index is 12.8. The van der Waals surface area contributed by atoms with Crippen LogP contribution < -0.4 is 0 Å². The van der Waals surface area contributed by atoms with Gasteiger partial charge in [0, 0.05) is 0 Å². The average Bonchev–Trinajstić information content (AvgIpc) is 2.69. The highest BCUT2D eigenvalue weighted by Gasteiger charge is 2.72. The molecular formula is C17H20BrNO4S. The first-order valence-corrected chi connectivity index (χ1v) is 9.46. The standard InChI is InChI=1S/C17H20BrNO4S/c1-10(20)12-13(21)19-14(12)24-16(2,3)17(19,18)15(22)23-9-11-7-5-4-6-8-11/h4-8,10,12,14,20H,9H2,1-3H3/t10-,12+,14+,17-/m0/s1. The maximum Gasteiger partial charge on any atom is 0.345 e. The van der Waals surface area contributed by atoms with Crippen molar-refractivity contribution in [2.45, 2.75) is 48.1 Å². The van der Waals surface area contributed by atoms with Gasteiger partial charge in [-0.3, -0.25) is 4.79 Å². The van der Waals surface area contributed by atoms with Crippen LogP contribution in [0.5, 0.6) is 0 Å². The van der Waals surface area contributed by atoms with Crippen LogP contribution in [-0.2, 0) is 20.9 Å². The fraction of sp³-hybridized carbons (Fsp3) is 0.529. The van der Waals surface area contributed by atoms with Gasteiger partial charge in [-0.1, -0.05) is 30.3 Å². The molecule has 0 saturated carbocycles. The van der Waals surface area contributed by atoms with E-state index in [1.807, 2.05) is 44.2 Å². The summed E-state index contributed by atoms with van der Waals surface area (Å²) in [5.41, 5.74) is 0.888. The number of β-lactam (4-membered cyclic amide) rings is 1. The molecule has 0 bridgehead atoms. The molecule has 0 aliphatic carbocycles. The molecule has 1 aromatic rings. The molecule has 2 aliphatic rings. The van der Waals surface area contributed by atoms with Gasteiger partial charge < -0.3 is 14.7 Å². The lowest BCUT2D eigenvalue weighted by molar-refractivity contribution is -0.173. The van der Waals surface area contributed by atoms with Gasteiger partial charge in [0.05, 0.1) is 22.1 Å². The van der Waals surface area contributed by atoms with Crippen molar-refractivity contribution in [2.75, 3.05) is 0 Å². The first kappa shape index (κ1) is 17.8. The highest BCUT2D eigenvalue weighted by Crippen LogP contribution is 2.62. The Hall–Kier alpha value is -1.05. The van der Waals surface area contributed by atoms with Crippen LogP contribution in [0.15, 0.2) is 30.3 Å². The minimum atomic E-state index is -1.23. The third-order valence-corrected chi connectivity index (χ3v) is 8.22. The zero-order chi connectivity index (χ0) is 17.7. The monoisotopic (exact) mass is 413 g/mol. The molecule has 4 atom stereocenters. The van der Waals surface area contributed by atoms with Gasteiger partial charge in [0.1, 0.15) is 6.61 Å². The van der Waals surface area contributed by atoms with Crippen LogP contribution in [-0.4, -0.2) is 42.6 Å². The lowest BCUT2D eigenvalue weighted by Gasteiger charge is -2.48. The van der Waals surface area contributed by atoms with Crippen molar-refractivity contribution < 1.29 is 19.4 Å². The average molecular weight is 414 g/mol. The predicted octanol–water partition coefficient (Wildman–Crippen LogP) is 2.51. The molecule has 2 fully saturated rings. The molecule has 0 aromatic heterocycles. The first-order chi connectivity index (χ1) is 11.2. The lowest BCUT2D eigenvalue weighted by Crippen LogP contribution is -2.69. The number of alkyl halides is 1. The van der Waals surface area contributed by atoms with Gasteiger partial charge in [0.25, 0.3) is 0 Å². The van der Waals surface area contributed by atoms with E-state index in [1.54, 1.807) is 6.92 Å². The normalized spacial score (nSPS) is 32.0. The molecule has 0 unspecified atom stereocenters. The lowest BCUT2D eigenvalue weighted by atomic mass is 9.88. The molecule has 2 saturated heterocycles. The van der Waals surface area contributed by atoms with Crippen molar-refractivity contribution in [3.63, 3.8) is 0 Å². The van der Waals surface area contributed by atoms with Crippen molar-refractivity contribution in [2.24, 2.45) is 5.92 Å². The second kappa shape index (κ2) is 6.04. The number of hydrogen-bond acceptors (Lipinski definition) is 5. The fourth-order valence-corrected chi connectivity index (χ4v) is 5.94.